The monoisotopic (exact) mass is 281 g/mol. The number of likely N-dealkylation sites (N-methyl/N-ethyl adjacent to an activating group) is 1. The summed E-state index contributed by atoms with van der Waals surface area (Å²) in [6.07, 6.45) is 4.08. The molecule has 1 aliphatic carbocycles. The summed E-state index contributed by atoms with van der Waals surface area (Å²) in [6.45, 7) is 5.74. The van der Waals surface area contributed by atoms with E-state index >= 15 is 0 Å². The fourth-order valence-electron chi connectivity index (χ4n) is 3.02. The maximum absolute atomic E-state index is 12.3. The second-order valence-electron chi connectivity index (χ2n) is 6.43. The molecule has 1 saturated heterocycles. The zero-order valence-corrected chi connectivity index (χ0v) is 12.8. The maximum atomic E-state index is 12.3. The third kappa shape index (κ3) is 3.51. The zero-order chi connectivity index (χ0) is 14.7. The topological polar surface area (TPSA) is 61.4 Å². The largest absolute Gasteiger partial charge is 0.358 e. The van der Waals surface area contributed by atoms with Crippen molar-refractivity contribution in [2.24, 2.45) is 11.8 Å². The Kier molecular flexibility index (Phi) is 5.02. The molecular weight excluding hydrogens is 254 g/mol. The number of carbonyl (C=O) groups is 2. The fraction of sp³-hybridized carbons (Fsp3) is 0.867. The smallest absolute Gasteiger partial charge is 0.237 e. The highest BCUT2D eigenvalue weighted by atomic mass is 16.2. The summed E-state index contributed by atoms with van der Waals surface area (Å²) in [4.78, 5) is 26.6. The summed E-state index contributed by atoms with van der Waals surface area (Å²) in [5.41, 5.74) is 0. The van der Waals surface area contributed by atoms with Crippen molar-refractivity contribution in [2.75, 3.05) is 20.1 Å². The molecule has 2 atom stereocenters. The zero-order valence-electron chi connectivity index (χ0n) is 12.8. The molecule has 5 nitrogen and oxygen atoms in total. The molecule has 0 bridgehead atoms. The quantitative estimate of drug-likeness (QED) is 0.755. The number of nitrogens with one attached hydrogen (secondary N) is 2. The van der Waals surface area contributed by atoms with E-state index < -0.39 is 0 Å². The first-order chi connectivity index (χ1) is 9.54. The number of rotatable bonds is 6. The molecule has 0 aromatic heterocycles. The molecule has 0 aromatic rings. The first kappa shape index (κ1) is 15.3. The predicted octanol–water partition coefficient (Wildman–Crippen LogP) is 0.748. The molecule has 1 saturated carbocycles. The van der Waals surface area contributed by atoms with Crippen LogP contribution >= 0.6 is 0 Å². The van der Waals surface area contributed by atoms with Crippen LogP contribution in [0.1, 0.15) is 39.5 Å². The van der Waals surface area contributed by atoms with Gasteiger partial charge in [0.25, 0.3) is 0 Å². The Hall–Kier alpha value is -1.10. The highest BCUT2D eigenvalue weighted by Gasteiger charge is 2.45. The van der Waals surface area contributed by atoms with Crippen LogP contribution in [0.2, 0.25) is 0 Å². The summed E-state index contributed by atoms with van der Waals surface area (Å²) in [6, 6.07) is -0.242. The number of hydrogen-bond acceptors (Lipinski definition) is 3. The second kappa shape index (κ2) is 6.57. The van der Waals surface area contributed by atoms with E-state index in [1.54, 1.807) is 7.05 Å². The van der Waals surface area contributed by atoms with E-state index in [0.29, 0.717) is 18.4 Å². The lowest BCUT2D eigenvalue weighted by Crippen LogP contribution is -2.54. The molecule has 114 valence electrons. The van der Waals surface area contributed by atoms with Crippen LogP contribution in [0.25, 0.3) is 0 Å². The lowest BCUT2D eigenvalue weighted by atomic mass is 10.1. The Bertz CT molecular complexity index is 366. The third-order valence-corrected chi connectivity index (χ3v) is 4.22. The van der Waals surface area contributed by atoms with E-state index in [4.69, 9.17) is 0 Å². The van der Waals surface area contributed by atoms with Crippen molar-refractivity contribution in [3.63, 3.8) is 0 Å². The van der Waals surface area contributed by atoms with E-state index in [-0.39, 0.29) is 23.9 Å². The molecule has 2 amide bonds. The van der Waals surface area contributed by atoms with Crippen molar-refractivity contribution in [1.29, 1.82) is 0 Å². The van der Waals surface area contributed by atoms with Crippen molar-refractivity contribution < 1.29 is 9.59 Å². The van der Waals surface area contributed by atoms with E-state index in [1.165, 1.54) is 0 Å². The van der Waals surface area contributed by atoms with Crippen LogP contribution in [-0.4, -0.2) is 48.9 Å². The molecule has 0 aromatic carbocycles. The number of hydrogen-bond donors (Lipinski definition) is 2. The highest BCUT2D eigenvalue weighted by molar-refractivity contribution is 5.86. The van der Waals surface area contributed by atoms with Crippen LogP contribution in [0, 0.1) is 11.8 Å². The molecule has 20 heavy (non-hydrogen) atoms. The normalized spacial score (nSPS) is 24.7. The highest BCUT2D eigenvalue weighted by Crippen LogP contribution is 2.38. The number of carbonyl (C=O) groups excluding carboxylic acids is 2. The number of likely N-dealkylation sites (tertiary alicyclic amines) is 1. The van der Waals surface area contributed by atoms with Gasteiger partial charge in [0.2, 0.25) is 11.8 Å². The molecule has 2 aliphatic rings. The summed E-state index contributed by atoms with van der Waals surface area (Å²) < 4.78 is 0. The molecule has 1 aliphatic heterocycles. The Labute approximate surface area is 121 Å². The minimum atomic E-state index is -0.128. The van der Waals surface area contributed by atoms with Gasteiger partial charge in [-0.05, 0) is 44.1 Å². The molecular formula is C15H27N3O2. The van der Waals surface area contributed by atoms with Gasteiger partial charge in [-0.2, -0.15) is 0 Å². The van der Waals surface area contributed by atoms with Gasteiger partial charge in [-0.3, -0.25) is 14.5 Å². The van der Waals surface area contributed by atoms with Crippen molar-refractivity contribution in [1.82, 2.24) is 15.5 Å². The SMILES string of the molecule is CNC(=O)[C@@H](C1CC1)N1CCC[C@H]1C(=O)NCC(C)C. The number of amides is 2. The van der Waals surface area contributed by atoms with Crippen LogP contribution in [0.5, 0.6) is 0 Å². The van der Waals surface area contributed by atoms with Crippen LogP contribution in [-0.2, 0) is 9.59 Å². The van der Waals surface area contributed by atoms with Gasteiger partial charge in [0.05, 0.1) is 12.1 Å². The average Bonchev–Trinajstić information content (AvgIpc) is 3.13. The van der Waals surface area contributed by atoms with Crippen molar-refractivity contribution in [2.45, 2.75) is 51.6 Å². The van der Waals surface area contributed by atoms with Gasteiger partial charge in [0.1, 0.15) is 0 Å². The molecule has 0 unspecified atom stereocenters. The van der Waals surface area contributed by atoms with Gasteiger partial charge < -0.3 is 10.6 Å². The summed E-state index contributed by atoms with van der Waals surface area (Å²) in [5, 5.41) is 5.77. The van der Waals surface area contributed by atoms with Crippen LogP contribution in [0.4, 0.5) is 0 Å². The average molecular weight is 281 g/mol. The predicted molar refractivity (Wildman–Crippen MR) is 78.2 cm³/mol. The summed E-state index contributed by atoms with van der Waals surface area (Å²) in [5.74, 6) is 1.04. The Morgan fingerprint density at radius 1 is 1.25 bits per heavy atom. The lowest BCUT2D eigenvalue weighted by molar-refractivity contribution is -0.131. The third-order valence-electron chi connectivity index (χ3n) is 4.22. The van der Waals surface area contributed by atoms with Gasteiger partial charge in [0.15, 0.2) is 0 Å². The van der Waals surface area contributed by atoms with Crippen molar-refractivity contribution in [3.05, 3.63) is 0 Å². The van der Waals surface area contributed by atoms with Crippen molar-refractivity contribution >= 4 is 11.8 Å². The molecule has 2 fully saturated rings. The Balaban J connectivity index is 2.01. The summed E-state index contributed by atoms with van der Waals surface area (Å²) >= 11 is 0. The minimum absolute atomic E-state index is 0.0658. The first-order valence-corrected chi connectivity index (χ1v) is 7.79. The second-order valence-corrected chi connectivity index (χ2v) is 6.43. The van der Waals surface area contributed by atoms with Gasteiger partial charge in [0, 0.05) is 13.6 Å². The lowest BCUT2D eigenvalue weighted by Gasteiger charge is -2.31. The van der Waals surface area contributed by atoms with Crippen LogP contribution in [0.15, 0.2) is 0 Å². The fourth-order valence-corrected chi connectivity index (χ4v) is 3.02. The van der Waals surface area contributed by atoms with Gasteiger partial charge in [-0.25, -0.2) is 0 Å². The molecule has 5 heteroatoms. The van der Waals surface area contributed by atoms with E-state index in [2.05, 4.69) is 29.4 Å². The minimum Gasteiger partial charge on any atom is -0.358 e. The Morgan fingerprint density at radius 2 is 1.95 bits per heavy atom. The van der Waals surface area contributed by atoms with Gasteiger partial charge in [-0.15, -0.1) is 0 Å². The van der Waals surface area contributed by atoms with Crippen LogP contribution in [0.3, 0.4) is 0 Å². The molecule has 1 heterocycles. The standard InChI is InChI=1S/C15H27N3O2/c1-10(2)9-17-14(19)12-5-4-8-18(12)13(11-6-7-11)15(20)16-3/h10-13H,4-9H2,1-3H3,(H,16,20)(H,17,19)/t12-,13+/m0/s1. The Morgan fingerprint density at radius 3 is 2.50 bits per heavy atom. The number of nitrogens with zero attached hydrogens (tertiary/aromatic N) is 1. The molecule has 2 N–H and O–H groups in total. The van der Waals surface area contributed by atoms with E-state index in [9.17, 15) is 9.59 Å². The van der Waals surface area contributed by atoms with E-state index in [1.807, 2.05) is 0 Å². The summed E-state index contributed by atoms with van der Waals surface area (Å²) in [7, 11) is 1.68. The van der Waals surface area contributed by atoms with Crippen LogP contribution < -0.4 is 10.6 Å². The molecule has 0 spiro atoms. The van der Waals surface area contributed by atoms with Gasteiger partial charge in [-0.1, -0.05) is 13.8 Å². The maximum Gasteiger partial charge on any atom is 0.237 e. The molecule has 0 radical (unpaired) electrons. The molecule has 2 rings (SSSR count). The van der Waals surface area contributed by atoms with Gasteiger partial charge >= 0.3 is 0 Å². The van der Waals surface area contributed by atoms with E-state index in [0.717, 1.165) is 32.2 Å². The van der Waals surface area contributed by atoms with Crippen molar-refractivity contribution in [3.8, 4) is 0 Å². The first-order valence-electron chi connectivity index (χ1n) is 7.79.